The molecule has 0 amide bonds. The van der Waals surface area contributed by atoms with Crippen molar-refractivity contribution in [1.29, 1.82) is 0 Å². The summed E-state index contributed by atoms with van der Waals surface area (Å²) in [4.78, 5) is 43.1. The minimum Gasteiger partial charge on any atom is -0.459 e. The number of aliphatic hydroxyl groups is 4. The Kier molecular flexibility index (Phi) is 17.4. The first-order valence-corrected chi connectivity index (χ1v) is 21.6. The normalized spacial score (nSPS) is 43.3. The average Bonchev–Trinajstić information content (AvgIpc) is 3.20. The molecule has 0 aliphatic carbocycles. The van der Waals surface area contributed by atoms with Gasteiger partial charge in [-0.1, -0.05) is 58.0 Å². The van der Waals surface area contributed by atoms with Crippen molar-refractivity contribution in [2.24, 2.45) is 23.7 Å². The molecule has 0 unspecified atom stereocenters. The minimum atomic E-state index is -2.03. The maximum absolute atomic E-state index is 14.3. The quantitative estimate of drug-likeness (QED) is 0.244. The number of ether oxygens (including phenoxy) is 8. The number of rotatable bonds is 10. The molecular weight excluding hydrogens is 794 g/mol. The molecule has 348 valence electrons. The number of cyclic esters (lactones) is 1. The van der Waals surface area contributed by atoms with Gasteiger partial charge >= 0.3 is 12.1 Å². The lowest BCUT2D eigenvalue weighted by molar-refractivity contribution is -0.318. The third kappa shape index (κ3) is 11.9. The molecule has 4 rings (SSSR count). The molecule has 0 saturated carbocycles. The predicted molar refractivity (Wildman–Crippen MR) is 222 cm³/mol. The van der Waals surface area contributed by atoms with Crippen molar-refractivity contribution in [3.63, 3.8) is 0 Å². The van der Waals surface area contributed by atoms with E-state index in [1.54, 1.807) is 41.5 Å². The van der Waals surface area contributed by atoms with Gasteiger partial charge in [0.15, 0.2) is 18.7 Å². The van der Waals surface area contributed by atoms with Gasteiger partial charge in [0.25, 0.3) is 0 Å². The van der Waals surface area contributed by atoms with Crippen LogP contribution in [0.5, 0.6) is 0 Å². The van der Waals surface area contributed by atoms with Gasteiger partial charge in [-0.25, -0.2) is 4.79 Å². The highest BCUT2D eigenvalue weighted by atomic mass is 16.8. The zero-order chi connectivity index (χ0) is 45.8. The van der Waals surface area contributed by atoms with Crippen molar-refractivity contribution in [3.05, 3.63) is 35.9 Å². The molecule has 0 radical (unpaired) electrons. The van der Waals surface area contributed by atoms with E-state index in [1.807, 2.05) is 56.3 Å². The molecule has 0 spiro atoms. The molecule has 1 aromatic rings. The number of benzene rings is 1. The lowest BCUT2D eigenvalue weighted by Crippen LogP contribution is -2.61. The number of methoxy groups -OCH3 is 1. The Bertz CT molecular complexity index is 1590. The van der Waals surface area contributed by atoms with Crippen molar-refractivity contribution < 1.29 is 72.7 Å². The monoisotopic (exact) mass is 867 g/mol. The summed E-state index contributed by atoms with van der Waals surface area (Å²) in [5, 5.41) is 47.3. The van der Waals surface area contributed by atoms with Gasteiger partial charge < -0.3 is 63.2 Å². The highest BCUT2D eigenvalue weighted by molar-refractivity contribution is 5.83. The van der Waals surface area contributed by atoms with Crippen molar-refractivity contribution >= 4 is 17.9 Å². The van der Waals surface area contributed by atoms with Crippen LogP contribution in [-0.2, 0) is 54.1 Å². The highest BCUT2D eigenvalue weighted by Gasteiger charge is 2.54. The van der Waals surface area contributed by atoms with Crippen molar-refractivity contribution in [3.8, 4) is 0 Å². The van der Waals surface area contributed by atoms with Crippen LogP contribution in [0, 0.1) is 23.7 Å². The number of aliphatic hydroxyl groups excluding tert-OH is 2. The van der Waals surface area contributed by atoms with Gasteiger partial charge in [0.1, 0.15) is 35.8 Å². The summed E-state index contributed by atoms with van der Waals surface area (Å²) < 4.78 is 49.1. The molecule has 0 aromatic heterocycles. The van der Waals surface area contributed by atoms with Crippen molar-refractivity contribution in [1.82, 2.24) is 4.90 Å². The van der Waals surface area contributed by atoms with Crippen LogP contribution >= 0.6 is 0 Å². The first-order valence-electron chi connectivity index (χ1n) is 21.6. The number of carbonyl (C=O) groups is 3. The van der Waals surface area contributed by atoms with Gasteiger partial charge in [0.2, 0.25) is 0 Å². The SMILES string of the molecule is CC[C@H]1OC(=O)[C@H](C)[C@@H](O[C@H]2C[C@](C)(OC)[C@@H](OC(=O)OCc3ccccc3)[C@H](C)O2)[C@H](C)[C@@H](O[C@@H]2O[C@H](C)C[C@H](N(C)C)[C@H]2O)[C@](C)(O)C[C@@H](C)C(=O)[C@H](C)[C@@H](O)[C@]1(C)O. The second-order valence-corrected chi connectivity index (χ2v) is 18.6. The maximum atomic E-state index is 14.3. The van der Waals surface area contributed by atoms with Crippen LogP contribution in [0.2, 0.25) is 0 Å². The molecule has 3 saturated heterocycles. The van der Waals surface area contributed by atoms with Crippen LogP contribution < -0.4 is 0 Å². The van der Waals surface area contributed by atoms with Crippen LogP contribution in [0.25, 0.3) is 0 Å². The van der Waals surface area contributed by atoms with Gasteiger partial charge in [-0.3, -0.25) is 9.59 Å². The number of Topliss-reactive ketones (excluding diaryl/α,β-unsaturated/α-hetero) is 1. The van der Waals surface area contributed by atoms with E-state index >= 15 is 0 Å². The Morgan fingerprint density at radius 1 is 0.902 bits per heavy atom. The third-order valence-corrected chi connectivity index (χ3v) is 13.2. The Balaban J connectivity index is 1.74. The van der Waals surface area contributed by atoms with Crippen molar-refractivity contribution in [2.75, 3.05) is 21.2 Å². The molecule has 1 aromatic carbocycles. The topological polar surface area (TPSA) is 209 Å². The Morgan fingerprint density at radius 2 is 1.54 bits per heavy atom. The lowest BCUT2D eigenvalue weighted by atomic mass is 9.74. The fraction of sp³-hybridized carbons (Fsp3) is 0.800. The van der Waals surface area contributed by atoms with E-state index in [9.17, 15) is 34.8 Å². The Hall–Kier alpha value is -2.77. The van der Waals surface area contributed by atoms with E-state index in [1.165, 1.54) is 27.9 Å². The van der Waals surface area contributed by atoms with E-state index < -0.39 is 114 Å². The zero-order valence-electron chi connectivity index (χ0n) is 38.3. The predicted octanol–water partition coefficient (Wildman–Crippen LogP) is 4.15. The molecule has 18 atom stereocenters. The van der Waals surface area contributed by atoms with Gasteiger partial charge in [-0.05, 0) is 80.5 Å². The maximum Gasteiger partial charge on any atom is 0.509 e. The number of esters is 1. The van der Waals surface area contributed by atoms with Crippen molar-refractivity contribution in [2.45, 2.75) is 186 Å². The Labute approximate surface area is 361 Å². The summed E-state index contributed by atoms with van der Waals surface area (Å²) in [7, 11) is 5.15. The molecule has 3 aliphatic rings. The van der Waals surface area contributed by atoms with Crippen LogP contribution in [0.15, 0.2) is 30.3 Å². The fourth-order valence-electron chi connectivity index (χ4n) is 9.47. The number of nitrogens with zero attached hydrogens (tertiary/aromatic N) is 1. The number of carbonyl (C=O) groups excluding carboxylic acids is 3. The van der Waals surface area contributed by atoms with E-state index in [-0.39, 0.29) is 38.0 Å². The van der Waals surface area contributed by atoms with Gasteiger partial charge in [-0.15, -0.1) is 0 Å². The summed E-state index contributed by atoms with van der Waals surface area (Å²) in [6.45, 7) is 16.3. The van der Waals surface area contributed by atoms with Gasteiger partial charge in [0.05, 0.1) is 42.0 Å². The average molecular weight is 868 g/mol. The summed E-state index contributed by atoms with van der Waals surface area (Å²) >= 11 is 0. The number of likely N-dealkylation sites (N-methyl/N-ethyl adjacent to an activating group) is 1. The highest BCUT2D eigenvalue weighted by Crippen LogP contribution is 2.41. The van der Waals surface area contributed by atoms with Gasteiger partial charge in [0, 0.05) is 37.3 Å². The summed E-state index contributed by atoms with van der Waals surface area (Å²) in [6, 6.07) is 8.80. The van der Waals surface area contributed by atoms with Crippen LogP contribution in [-0.4, -0.2) is 149 Å². The van der Waals surface area contributed by atoms with E-state index in [2.05, 4.69) is 0 Å². The first-order chi connectivity index (χ1) is 28.4. The summed E-state index contributed by atoms with van der Waals surface area (Å²) in [6.07, 6.45) is -11.3. The van der Waals surface area contributed by atoms with E-state index in [0.29, 0.717) is 6.42 Å². The number of hydrogen-bond acceptors (Lipinski definition) is 16. The number of ketones is 1. The number of hydrogen-bond donors (Lipinski definition) is 4. The molecule has 16 heteroatoms. The Morgan fingerprint density at radius 3 is 2.13 bits per heavy atom. The molecule has 0 bridgehead atoms. The smallest absolute Gasteiger partial charge is 0.459 e. The standard InChI is InChI=1S/C45H73NO15/c1-14-32-45(10,53)37(49)26(4)34(47)24(2)21-43(8,52)38(60-41-35(48)31(46(11)12)20-25(3)56-41)27(5)36(28(6)40(50)58-32)59-33-22-44(9,54-13)39(29(7)57-33)61-42(51)55-23-30-18-16-15-17-19-30/h15-19,24-29,31-33,35-39,41,48-49,52-53H,14,20-23H2,1-13H3/t24-,25-,26+,27+,28-,29+,31+,32-,33+,35-,36+,37-,38-,39+,41+,43-,44+,45-/m1/s1. The van der Waals surface area contributed by atoms with Gasteiger partial charge in [-0.2, -0.15) is 0 Å². The summed E-state index contributed by atoms with van der Waals surface area (Å²) in [5.41, 5.74) is -4.29. The second kappa shape index (κ2) is 20.8. The lowest BCUT2D eigenvalue weighted by Gasteiger charge is -2.49. The second-order valence-electron chi connectivity index (χ2n) is 18.6. The van der Waals surface area contributed by atoms with Crippen LogP contribution in [0.4, 0.5) is 4.79 Å². The summed E-state index contributed by atoms with van der Waals surface area (Å²) in [5.74, 6) is -5.23. The molecule has 61 heavy (non-hydrogen) atoms. The third-order valence-electron chi connectivity index (χ3n) is 13.2. The fourth-order valence-corrected chi connectivity index (χ4v) is 9.47. The molecular formula is C45H73NO15. The largest absolute Gasteiger partial charge is 0.509 e. The van der Waals surface area contributed by atoms with E-state index in [4.69, 9.17) is 37.9 Å². The van der Waals surface area contributed by atoms with E-state index in [0.717, 1.165) is 5.56 Å². The molecule has 3 heterocycles. The molecule has 3 aliphatic heterocycles. The molecule has 3 fully saturated rings. The minimum absolute atomic E-state index is 0.00544. The first kappa shape index (κ1) is 50.9. The zero-order valence-corrected chi connectivity index (χ0v) is 38.3. The molecule has 16 nitrogen and oxygen atoms in total. The van der Waals surface area contributed by atoms with Crippen LogP contribution in [0.3, 0.4) is 0 Å². The van der Waals surface area contributed by atoms with Crippen LogP contribution in [0.1, 0.15) is 100 Å². The molecule has 4 N–H and O–H groups in total.